The molecule has 0 aliphatic carbocycles. The highest BCUT2D eigenvalue weighted by Gasteiger charge is 2.01. The Bertz CT molecular complexity index is 760. The molecule has 0 fully saturated rings. The van der Waals surface area contributed by atoms with Crippen LogP contribution in [0.4, 0.5) is 5.82 Å². The molecule has 3 aromatic rings. The number of anilines is 1. The second kappa shape index (κ2) is 8.45. The number of aromatic nitrogens is 3. The predicted octanol–water partition coefficient (Wildman–Crippen LogP) is 4.13. The zero-order chi connectivity index (χ0) is 16.6. The van der Waals surface area contributed by atoms with Crippen LogP contribution < -0.4 is 5.32 Å². The summed E-state index contributed by atoms with van der Waals surface area (Å²) in [5, 5.41) is 4.26. The molecule has 1 N–H and O–H groups in total. The van der Waals surface area contributed by atoms with Crippen LogP contribution in [0.15, 0.2) is 66.1 Å². The molecule has 0 bridgehead atoms. The first kappa shape index (κ1) is 16.5. The van der Waals surface area contributed by atoms with Crippen molar-refractivity contribution in [2.45, 2.75) is 24.1 Å². The number of nitrogens with zero attached hydrogens (tertiary/aromatic N) is 3. The molecule has 0 amide bonds. The van der Waals surface area contributed by atoms with Crippen LogP contribution in [0.25, 0.3) is 0 Å². The van der Waals surface area contributed by atoms with Crippen molar-refractivity contribution < 1.29 is 0 Å². The molecule has 0 aliphatic heterocycles. The maximum absolute atomic E-state index is 4.61. The Morgan fingerprint density at radius 1 is 0.958 bits per heavy atom. The van der Waals surface area contributed by atoms with Crippen molar-refractivity contribution in [3.8, 4) is 0 Å². The number of hydrogen-bond acceptors (Lipinski definition) is 5. The third-order valence-electron chi connectivity index (χ3n) is 3.53. The lowest BCUT2D eigenvalue weighted by molar-refractivity contribution is 0.963. The van der Waals surface area contributed by atoms with Gasteiger partial charge in [0.05, 0.1) is 12.4 Å². The summed E-state index contributed by atoms with van der Waals surface area (Å²) in [5.41, 5.74) is 3.55. The van der Waals surface area contributed by atoms with Crippen molar-refractivity contribution >= 4 is 17.6 Å². The van der Waals surface area contributed by atoms with E-state index >= 15 is 0 Å². The van der Waals surface area contributed by atoms with Crippen LogP contribution in [0.3, 0.4) is 0 Å². The summed E-state index contributed by atoms with van der Waals surface area (Å²) in [4.78, 5) is 13.2. The molecule has 0 saturated carbocycles. The van der Waals surface area contributed by atoms with Gasteiger partial charge in [-0.15, -0.1) is 11.8 Å². The van der Waals surface area contributed by atoms with Gasteiger partial charge in [0.25, 0.3) is 0 Å². The maximum Gasteiger partial charge on any atom is 0.145 e. The minimum absolute atomic E-state index is 0.812. The number of pyridine rings is 1. The Labute approximate surface area is 146 Å². The second-order valence-corrected chi connectivity index (χ2v) is 6.50. The molecule has 0 atom stereocenters. The molecule has 4 nitrogen and oxygen atoms in total. The van der Waals surface area contributed by atoms with E-state index in [2.05, 4.69) is 50.6 Å². The Morgan fingerprint density at radius 3 is 2.62 bits per heavy atom. The quantitative estimate of drug-likeness (QED) is 0.658. The normalized spacial score (nSPS) is 10.5. The standard InChI is InChI=1S/C19H20N4S/c1-15-7-8-16(11-22-15)9-10-21-18-12-20-13-19(23-18)24-14-17-5-3-2-4-6-17/h2-8,11-13H,9-10,14H2,1H3,(H,21,23). The van der Waals surface area contributed by atoms with E-state index in [1.165, 1.54) is 11.1 Å². The second-order valence-electron chi connectivity index (χ2n) is 5.50. The first-order valence-electron chi connectivity index (χ1n) is 7.94. The lowest BCUT2D eigenvalue weighted by Crippen LogP contribution is -2.07. The Morgan fingerprint density at radius 2 is 1.83 bits per heavy atom. The molecular weight excluding hydrogens is 316 g/mol. The molecule has 122 valence electrons. The predicted molar refractivity (Wildman–Crippen MR) is 99.2 cm³/mol. The van der Waals surface area contributed by atoms with E-state index < -0.39 is 0 Å². The van der Waals surface area contributed by atoms with Crippen LogP contribution in [0.1, 0.15) is 16.8 Å². The van der Waals surface area contributed by atoms with Gasteiger partial charge in [-0.2, -0.15) is 0 Å². The highest BCUT2D eigenvalue weighted by atomic mass is 32.2. The van der Waals surface area contributed by atoms with Gasteiger partial charge in [-0.25, -0.2) is 4.98 Å². The minimum atomic E-state index is 0.812. The van der Waals surface area contributed by atoms with Gasteiger partial charge in [0, 0.05) is 24.2 Å². The third kappa shape index (κ3) is 5.06. The average molecular weight is 336 g/mol. The fourth-order valence-corrected chi connectivity index (χ4v) is 3.02. The topological polar surface area (TPSA) is 50.7 Å². The van der Waals surface area contributed by atoms with E-state index in [0.29, 0.717) is 0 Å². The summed E-state index contributed by atoms with van der Waals surface area (Å²) in [6.45, 7) is 2.81. The first-order chi connectivity index (χ1) is 11.8. The molecule has 2 aromatic heterocycles. The summed E-state index contributed by atoms with van der Waals surface area (Å²) in [7, 11) is 0. The van der Waals surface area contributed by atoms with E-state index in [0.717, 1.165) is 35.3 Å². The molecule has 0 spiro atoms. The van der Waals surface area contributed by atoms with Gasteiger partial charge in [0.1, 0.15) is 10.8 Å². The van der Waals surface area contributed by atoms with Crippen molar-refractivity contribution in [2.24, 2.45) is 0 Å². The molecule has 0 unspecified atom stereocenters. The van der Waals surface area contributed by atoms with Crippen molar-refractivity contribution in [2.75, 3.05) is 11.9 Å². The lowest BCUT2D eigenvalue weighted by atomic mass is 10.2. The molecular formula is C19H20N4S. The molecule has 24 heavy (non-hydrogen) atoms. The summed E-state index contributed by atoms with van der Waals surface area (Å²) in [6, 6.07) is 14.5. The van der Waals surface area contributed by atoms with Crippen molar-refractivity contribution in [1.29, 1.82) is 0 Å². The van der Waals surface area contributed by atoms with Crippen molar-refractivity contribution in [3.05, 3.63) is 77.9 Å². The van der Waals surface area contributed by atoms with Crippen LogP contribution in [-0.4, -0.2) is 21.5 Å². The number of hydrogen-bond donors (Lipinski definition) is 1. The van der Waals surface area contributed by atoms with Crippen LogP contribution in [0, 0.1) is 6.92 Å². The fourth-order valence-electron chi connectivity index (χ4n) is 2.22. The highest BCUT2D eigenvalue weighted by molar-refractivity contribution is 7.98. The largest absolute Gasteiger partial charge is 0.368 e. The van der Waals surface area contributed by atoms with Crippen molar-refractivity contribution in [3.63, 3.8) is 0 Å². The van der Waals surface area contributed by atoms with Crippen LogP contribution in [0.2, 0.25) is 0 Å². The lowest BCUT2D eigenvalue weighted by Gasteiger charge is -2.07. The smallest absolute Gasteiger partial charge is 0.145 e. The zero-order valence-electron chi connectivity index (χ0n) is 13.6. The highest BCUT2D eigenvalue weighted by Crippen LogP contribution is 2.21. The van der Waals surface area contributed by atoms with Crippen molar-refractivity contribution in [1.82, 2.24) is 15.0 Å². The maximum atomic E-state index is 4.61. The Hall–Kier alpha value is -2.40. The first-order valence-corrected chi connectivity index (χ1v) is 8.92. The Kier molecular flexibility index (Phi) is 5.80. The monoisotopic (exact) mass is 336 g/mol. The van der Waals surface area contributed by atoms with Crippen LogP contribution in [-0.2, 0) is 12.2 Å². The Balaban J connectivity index is 1.50. The van der Waals surface area contributed by atoms with E-state index in [1.807, 2.05) is 31.5 Å². The van der Waals surface area contributed by atoms with E-state index in [-0.39, 0.29) is 0 Å². The number of nitrogens with one attached hydrogen (secondary N) is 1. The summed E-state index contributed by atoms with van der Waals surface area (Å²) in [5.74, 6) is 1.71. The summed E-state index contributed by atoms with van der Waals surface area (Å²) in [6.07, 6.45) is 6.41. The SMILES string of the molecule is Cc1ccc(CCNc2cncc(SCc3ccccc3)n2)cn1. The zero-order valence-corrected chi connectivity index (χ0v) is 14.5. The summed E-state index contributed by atoms with van der Waals surface area (Å²) >= 11 is 1.70. The summed E-state index contributed by atoms with van der Waals surface area (Å²) < 4.78 is 0. The third-order valence-corrected chi connectivity index (χ3v) is 4.50. The van der Waals surface area contributed by atoms with E-state index in [4.69, 9.17) is 0 Å². The molecule has 2 heterocycles. The number of rotatable bonds is 7. The van der Waals surface area contributed by atoms with Gasteiger partial charge in [0.2, 0.25) is 0 Å². The average Bonchev–Trinajstić information content (AvgIpc) is 2.63. The molecule has 5 heteroatoms. The van der Waals surface area contributed by atoms with Crippen LogP contribution in [0.5, 0.6) is 0 Å². The number of thioether (sulfide) groups is 1. The van der Waals surface area contributed by atoms with E-state index in [9.17, 15) is 0 Å². The molecule has 1 aromatic carbocycles. The van der Waals surface area contributed by atoms with E-state index in [1.54, 1.807) is 18.0 Å². The molecule has 0 aliphatic rings. The van der Waals surface area contributed by atoms with Gasteiger partial charge >= 0.3 is 0 Å². The van der Waals surface area contributed by atoms with Crippen LogP contribution >= 0.6 is 11.8 Å². The van der Waals surface area contributed by atoms with Gasteiger partial charge in [-0.05, 0) is 30.5 Å². The minimum Gasteiger partial charge on any atom is -0.368 e. The van der Waals surface area contributed by atoms with Gasteiger partial charge in [0.15, 0.2) is 0 Å². The molecule has 0 saturated heterocycles. The van der Waals surface area contributed by atoms with Gasteiger partial charge in [-0.3, -0.25) is 9.97 Å². The number of aryl methyl sites for hydroxylation is 1. The van der Waals surface area contributed by atoms with Gasteiger partial charge in [-0.1, -0.05) is 36.4 Å². The van der Waals surface area contributed by atoms with Gasteiger partial charge < -0.3 is 5.32 Å². The fraction of sp³-hybridized carbons (Fsp3) is 0.211. The number of benzene rings is 1. The molecule has 3 rings (SSSR count). The molecule has 0 radical (unpaired) electrons.